The molecule has 0 bridgehead atoms. The number of alkyl halides is 2. The first kappa shape index (κ1) is 13.3. The number of fused-ring (bicyclic) bond motifs is 1. The predicted octanol–water partition coefficient (Wildman–Crippen LogP) is 4.24. The van der Waals surface area contributed by atoms with Gasteiger partial charge in [-0.2, -0.15) is 0 Å². The van der Waals surface area contributed by atoms with E-state index in [9.17, 15) is 8.78 Å². The molecule has 0 aliphatic carbocycles. The van der Waals surface area contributed by atoms with Gasteiger partial charge in [-0.25, -0.2) is 0 Å². The van der Waals surface area contributed by atoms with Crippen molar-refractivity contribution in [2.45, 2.75) is 6.29 Å². The van der Waals surface area contributed by atoms with Crippen LogP contribution in [0.2, 0.25) is 0 Å². The maximum Gasteiger partial charge on any atom is 0.586 e. The number of para-hydroxylation sites is 2. The van der Waals surface area contributed by atoms with E-state index in [1.54, 1.807) is 36.4 Å². The summed E-state index contributed by atoms with van der Waals surface area (Å²) >= 11 is 0. The second-order valence-electron chi connectivity index (χ2n) is 4.34. The lowest BCUT2D eigenvalue weighted by Crippen LogP contribution is -2.32. The van der Waals surface area contributed by atoms with Crippen molar-refractivity contribution in [3.05, 3.63) is 66.9 Å². The maximum atomic E-state index is 13.7. The van der Waals surface area contributed by atoms with Gasteiger partial charge >= 0.3 is 6.29 Å². The van der Waals surface area contributed by atoms with E-state index < -0.39 is 6.29 Å². The molecule has 3 nitrogen and oxygen atoms in total. The van der Waals surface area contributed by atoms with E-state index in [2.05, 4.69) is 14.5 Å². The SMILES string of the molecule is FC(F)(Oc1ccccc1)Oc1cnc2ccccc2c1. The monoisotopic (exact) mass is 287 g/mol. The minimum atomic E-state index is -3.77. The van der Waals surface area contributed by atoms with Crippen LogP contribution in [0.25, 0.3) is 10.9 Å². The topological polar surface area (TPSA) is 31.4 Å². The Morgan fingerprint density at radius 3 is 2.29 bits per heavy atom. The van der Waals surface area contributed by atoms with Gasteiger partial charge in [-0.05, 0) is 24.3 Å². The Labute approximate surface area is 119 Å². The molecule has 0 spiro atoms. The molecule has 2 aromatic carbocycles. The number of hydrogen-bond donors (Lipinski definition) is 0. The molecule has 106 valence electrons. The van der Waals surface area contributed by atoms with E-state index in [1.165, 1.54) is 24.4 Å². The number of hydrogen-bond acceptors (Lipinski definition) is 3. The first-order valence-electron chi connectivity index (χ1n) is 6.28. The summed E-state index contributed by atoms with van der Waals surface area (Å²) in [4.78, 5) is 4.06. The molecule has 21 heavy (non-hydrogen) atoms. The summed E-state index contributed by atoms with van der Waals surface area (Å²) in [6.07, 6.45) is -2.53. The number of rotatable bonds is 4. The van der Waals surface area contributed by atoms with E-state index in [0.29, 0.717) is 10.9 Å². The summed E-state index contributed by atoms with van der Waals surface area (Å²) in [5.74, 6) is -0.0362. The van der Waals surface area contributed by atoms with Crippen molar-refractivity contribution < 1.29 is 18.3 Å². The Bertz CT molecular complexity index is 747. The number of aromatic nitrogens is 1. The van der Waals surface area contributed by atoms with Gasteiger partial charge in [0.15, 0.2) is 0 Å². The molecule has 0 fully saturated rings. The number of halogens is 2. The highest BCUT2D eigenvalue weighted by molar-refractivity contribution is 5.79. The minimum absolute atomic E-state index is 0.0243. The van der Waals surface area contributed by atoms with E-state index in [0.717, 1.165) is 0 Å². The van der Waals surface area contributed by atoms with Crippen LogP contribution in [0.1, 0.15) is 0 Å². The normalized spacial score (nSPS) is 11.3. The van der Waals surface area contributed by atoms with Crippen molar-refractivity contribution in [3.8, 4) is 11.5 Å². The fraction of sp³-hybridized carbons (Fsp3) is 0.0625. The minimum Gasteiger partial charge on any atom is -0.399 e. The fourth-order valence-electron chi connectivity index (χ4n) is 1.89. The molecule has 1 heterocycles. The summed E-state index contributed by atoms with van der Waals surface area (Å²) in [5, 5.41) is 0.713. The van der Waals surface area contributed by atoms with E-state index in [4.69, 9.17) is 0 Å². The van der Waals surface area contributed by atoms with Gasteiger partial charge in [0.1, 0.15) is 11.5 Å². The summed E-state index contributed by atoms with van der Waals surface area (Å²) in [7, 11) is 0. The summed E-state index contributed by atoms with van der Waals surface area (Å²) in [6, 6.07) is 16.4. The van der Waals surface area contributed by atoms with Crippen LogP contribution in [0, 0.1) is 0 Å². The quantitative estimate of drug-likeness (QED) is 0.672. The predicted molar refractivity (Wildman–Crippen MR) is 74.4 cm³/mol. The molecule has 0 unspecified atom stereocenters. The molecule has 0 saturated heterocycles. The highest BCUT2D eigenvalue weighted by Crippen LogP contribution is 2.26. The van der Waals surface area contributed by atoms with Gasteiger partial charge < -0.3 is 9.47 Å². The van der Waals surface area contributed by atoms with Crippen LogP contribution in [-0.4, -0.2) is 11.3 Å². The molecule has 3 rings (SSSR count). The van der Waals surface area contributed by atoms with Crippen LogP contribution in [-0.2, 0) is 0 Å². The smallest absolute Gasteiger partial charge is 0.399 e. The van der Waals surface area contributed by atoms with Gasteiger partial charge in [-0.3, -0.25) is 4.98 Å². The number of ether oxygens (including phenoxy) is 2. The zero-order valence-corrected chi connectivity index (χ0v) is 10.9. The van der Waals surface area contributed by atoms with Crippen LogP contribution in [0.3, 0.4) is 0 Å². The van der Waals surface area contributed by atoms with Crippen molar-refractivity contribution >= 4 is 10.9 Å². The number of nitrogens with zero attached hydrogens (tertiary/aromatic N) is 1. The van der Waals surface area contributed by atoms with E-state index in [-0.39, 0.29) is 11.5 Å². The molecule has 0 aliphatic rings. The van der Waals surface area contributed by atoms with E-state index >= 15 is 0 Å². The lowest BCUT2D eigenvalue weighted by molar-refractivity contribution is -0.308. The molecule has 0 amide bonds. The molecule has 0 radical (unpaired) electrons. The second-order valence-corrected chi connectivity index (χ2v) is 4.34. The van der Waals surface area contributed by atoms with E-state index in [1.807, 2.05) is 6.07 Å². The molecule has 0 N–H and O–H groups in total. The third-order valence-corrected chi connectivity index (χ3v) is 2.78. The number of pyridine rings is 1. The molecule has 0 saturated carbocycles. The zero-order valence-electron chi connectivity index (χ0n) is 10.9. The third-order valence-electron chi connectivity index (χ3n) is 2.78. The highest BCUT2D eigenvalue weighted by Gasteiger charge is 2.36. The van der Waals surface area contributed by atoms with Gasteiger partial charge in [0.2, 0.25) is 0 Å². The Balaban J connectivity index is 1.80. The van der Waals surface area contributed by atoms with Gasteiger partial charge in [0, 0.05) is 5.39 Å². The first-order valence-corrected chi connectivity index (χ1v) is 6.28. The Kier molecular flexibility index (Phi) is 3.39. The average Bonchev–Trinajstić information content (AvgIpc) is 2.47. The molecule has 0 aliphatic heterocycles. The van der Waals surface area contributed by atoms with Gasteiger partial charge in [-0.15, -0.1) is 8.78 Å². The van der Waals surface area contributed by atoms with Crippen LogP contribution in [0.4, 0.5) is 8.78 Å². The third kappa shape index (κ3) is 3.25. The van der Waals surface area contributed by atoms with Crippen LogP contribution < -0.4 is 9.47 Å². The maximum absolute atomic E-state index is 13.7. The standard InChI is InChI=1S/C16H11F2NO2/c17-16(18,20-13-7-2-1-3-8-13)21-14-10-12-6-4-5-9-15(12)19-11-14/h1-11H. The summed E-state index contributed by atoms with van der Waals surface area (Å²) in [6.45, 7) is 0. The van der Waals surface area contributed by atoms with Gasteiger partial charge in [0.25, 0.3) is 0 Å². The Morgan fingerprint density at radius 1 is 0.810 bits per heavy atom. The largest absolute Gasteiger partial charge is 0.586 e. The van der Waals surface area contributed by atoms with Gasteiger partial charge in [0.05, 0.1) is 11.7 Å². The van der Waals surface area contributed by atoms with Crippen molar-refractivity contribution in [1.29, 1.82) is 0 Å². The molecular weight excluding hydrogens is 276 g/mol. The lowest BCUT2D eigenvalue weighted by atomic mass is 10.2. The van der Waals surface area contributed by atoms with Crippen molar-refractivity contribution in [2.24, 2.45) is 0 Å². The zero-order chi connectivity index (χ0) is 14.7. The molecule has 0 atom stereocenters. The van der Waals surface area contributed by atoms with Crippen LogP contribution in [0.15, 0.2) is 66.9 Å². The highest BCUT2D eigenvalue weighted by atomic mass is 19.3. The molecule has 1 aromatic heterocycles. The second kappa shape index (κ2) is 5.36. The van der Waals surface area contributed by atoms with Crippen LogP contribution >= 0.6 is 0 Å². The Hall–Kier alpha value is -2.69. The van der Waals surface area contributed by atoms with Gasteiger partial charge in [-0.1, -0.05) is 36.4 Å². The number of benzene rings is 2. The average molecular weight is 287 g/mol. The Morgan fingerprint density at radius 2 is 1.48 bits per heavy atom. The molecule has 3 aromatic rings. The molecule has 5 heteroatoms. The fourth-order valence-corrected chi connectivity index (χ4v) is 1.89. The van der Waals surface area contributed by atoms with Crippen LogP contribution in [0.5, 0.6) is 11.5 Å². The van der Waals surface area contributed by atoms with Crippen molar-refractivity contribution in [1.82, 2.24) is 4.98 Å². The summed E-state index contributed by atoms with van der Waals surface area (Å²) < 4.78 is 36.6. The first-order chi connectivity index (χ1) is 10.1. The molecular formula is C16H11F2NO2. The van der Waals surface area contributed by atoms with Crippen molar-refractivity contribution in [3.63, 3.8) is 0 Å². The lowest BCUT2D eigenvalue weighted by Gasteiger charge is -2.18. The van der Waals surface area contributed by atoms with Crippen molar-refractivity contribution in [2.75, 3.05) is 0 Å². The summed E-state index contributed by atoms with van der Waals surface area (Å²) in [5.41, 5.74) is 0.706.